The molecular formula is C10H12N3O3+. The van der Waals surface area contributed by atoms with E-state index in [-0.39, 0.29) is 17.2 Å². The molecule has 1 aromatic carbocycles. The van der Waals surface area contributed by atoms with Gasteiger partial charge in [0.1, 0.15) is 0 Å². The predicted octanol–water partition coefficient (Wildman–Crippen LogP) is 0.167. The lowest BCUT2D eigenvalue weighted by atomic mass is 10.1. The van der Waals surface area contributed by atoms with Gasteiger partial charge in [-0.2, -0.15) is 0 Å². The van der Waals surface area contributed by atoms with Crippen molar-refractivity contribution in [1.82, 2.24) is 5.32 Å². The summed E-state index contributed by atoms with van der Waals surface area (Å²) in [5.74, 6) is -0.353. The largest absolute Gasteiger partial charge is 0.355 e. The Morgan fingerprint density at radius 2 is 2.25 bits per heavy atom. The van der Waals surface area contributed by atoms with Gasteiger partial charge in [0.05, 0.1) is 16.7 Å². The van der Waals surface area contributed by atoms with Crippen LogP contribution in [0.3, 0.4) is 0 Å². The molecule has 6 heteroatoms. The predicted molar refractivity (Wildman–Crippen MR) is 58.4 cm³/mol. The summed E-state index contributed by atoms with van der Waals surface area (Å²) in [5, 5.41) is 13.2. The van der Waals surface area contributed by atoms with Gasteiger partial charge in [0.15, 0.2) is 0 Å². The van der Waals surface area contributed by atoms with Gasteiger partial charge >= 0.3 is 0 Å². The molecule has 0 bridgehead atoms. The van der Waals surface area contributed by atoms with Crippen LogP contribution in [0, 0.1) is 10.1 Å². The topological polar surface area (TPSA) is 99.9 Å². The molecular weight excluding hydrogens is 210 g/mol. The number of benzene rings is 1. The number of nitro benzene ring substituents is 1. The Morgan fingerprint density at radius 3 is 2.75 bits per heavy atom. The van der Waals surface area contributed by atoms with E-state index in [0.717, 1.165) is 0 Å². The molecule has 16 heavy (non-hydrogen) atoms. The highest BCUT2D eigenvalue weighted by Crippen LogP contribution is 2.21. The summed E-state index contributed by atoms with van der Waals surface area (Å²) in [6.07, 6.45) is 2.98. The van der Waals surface area contributed by atoms with E-state index >= 15 is 0 Å². The number of amides is 1. The first-order valence-electron chi connectivity index (χ1n) is 4.56. The first-order chi connectivity index (χ1) is 7.60. The van der Waals surface area contributed by atoms with E-state index in [0.29, 0.717) is 5.56 Å². The summed E-state index contributed by atoms with van der Waals surface area (Å²) in [7, 11) is 1.47. The monoisotopic (exact) mass is 222 g/mol. The molecule has 0 spiro atoms. The van der Waals surface area contributed by atoms with E-state index < -0.39 is 4.92 Å². The molecule has 84 valence electrons. The standard InChI is InChI=1S/C10H11N3O3/c1-12-10(14)8-3-2-7(4-5-11)9(6-8)13(15)16/h2-6H,11H2,1H3,(H,12,14)/p+1. The van der Waals surface area contributed by atoms with Crippen LogP contribution in [0.1, 0.15) is 15.9 Å². The number of nitro groups is 1. The van der Waals surface area contributed by atoms with Gasteiger partial charge in [-0.3, -0.25) is 14.9 Å². The fourth-order valence-electron chi connectivity index (χ4n) is 1.26. The van der Waals surface area contributed by atoms with E-state index in [1.807, 2.05) is 0 Å². The Balaban J connectivity index is 3.27. The highest BCUT2D eigenvalue weighted by molar-refractivity contribution is 5.95. The Morgan fingerprint density at radius 1 is 1.56 bits per heavy atom. The number of carbonyl (C=O) groups is 1. The van der Waals surface area contributed by atoms with Crippen LogP contribution in [0.5, 0.6) is 0 Å². The maximum Gasteiger partial charge on any atom is 0.277 e. The molecule has 4 N–H and O–H groups in total. The minimum atomic E-state index is -0.526. The quantitative estimate of drug-likeness (QED) is 0.563. The first-order valence-corrected chi connectivity index (χ1v) is 4.56. The Bertz CT molecular complexity index is 455. The molecule has 0 aromatic heterocycles. The Hall–Kier alpha value is -2.21. The molecule has 0 aliphatic carbocycles. The summed E-state index contributed by atoms with van der Waals surface area (Å²) in [6.45, 7) is 0. The number of hydrogen-bond acceptors (Lipinski definition) is 3. The van der Waals surface area contributed by atoms with Crippen molar-refractivity contribution in [3.63, 3.8) is 0 Å². The number of nitrogens with zero attached hydrogens (tertiary/aromatic N) is 1. The third-order valence-electron chi connectivity index (χ3n) is 2.01. The molecule has 1 rings (SSSR count). The van der Waals surface area contributed by atoms with Crippen LogP contribution in [0.15, 0.2) is 24.4 Å². The van der Waals surface area contributed by atoms with Crippen LogP contribution in [-0.2, 0) is 0 Å². The second-order valence-electron chi connectivity index (χ2n) is 3.01. The van der Waals surface area contributed by atoms with Crippen molar-refractivity contribution in [2.24, 2.45) is 0 Å². The molecule has 1 aromatic rings. The Kier molecular flexibility index (Phi) is 3.73. The van der Waals surface area contributed by atoms with Crippen molar-refractivity contribution < 1.29 is 15.5 Å². The van der Waals surface area contributed by atoms with Crippen molar-refractivity contribution >= 4 is 17.7 Å². The summed E-state index contributed by atoms with van der Waals surface area (Å²) >= 11 is 0. The van der Waals surface area contributed by atoms with Crippen LogP contribution < -0.4 is 11.1 Å². The van der Waals surface area contributed by atoms with Gasteiger partial charge in [-0.15, -0.1) is 0 Å². The third kappa shape index (κ3) is 2.43. The van der Waals surface area contributed by atoms with Crippen LogP contribution >= 0.6 is 0 Å². The van der Waals surface area contributed by atoms with Crippen molar-refractivity contribution in [2.45, 2.75) is 0 Å². The summed E-state index contributed by atoms with van der Waals surface area (Å²) in [5.41, 5.74) is 4.05. The number of rotatable bonds is 3. The van der Waals surface area contributed by atoms with Crippen LogP contribution in [-0.4, -0.2) is 17.9 Å². The second-order valence-corrected chi connectivity index (χ2v) is 3.01. The van der Waals surface area contributed by atoms with Gasteiger partial charge in [-0.25, -0.2) is 0 Å². The maximum absolute atomic E-state index is 11.3. The summed E-state index contributed by atoms with van der Waals surface area (Å²) in [6, 6.07) is 4.29. The van der Waals surface area contributed by atoms with Gasteiger partial charge in [-0.1, -0.05) is 0 Å². The zero-order chi connectivity index (χ0) is 12.1. The number of quaternary nitrogens is 1. The van der Waals surface area contributed by atoms with E-state index in [1.165, 1.54) is 37.5 Å². The minimum Gasteiger partial charge on any atom is -0.355 e. The fourth-order valence-corrected chi connectivity index (χ4v) is 1.26. The molecule has 0 unspecified atom stereocenters. The lowest BCUT2D eigenvalue weighted by Crippen LogP contribution is -2.38. The van der Waals surface area contributed by atoms with Gasteiger partial charge in [0, 0.05) is 24.8 Å². The Labute approximate surface area is 91.9 Å². The van der Waals surface area contributed by atoms with Gasteiger partial charge in [0.2, 0.25) is 0 Å². The first kappa shape index (κ1) is 11.9. The lowest BCUT2D eigenvalue weighted by molar-refractivity contribution is -0.385. The lowest BCUT2D eigenvalue weighted by Gasteiger charge is -2.01. The van der Waals surface area contributed by atoms with Gasteiger partial charge < -0.3 is 11.1 Å². The molecule has 1 amide bonds. The number of hydrogen-bond donors (Lipinski definition) is 2. The van der Waals surface area contributed by atoms with Crippen molar-refractivity contribution in [1.29, 1.82) is 0 Å². The van der Waals surface area contributed by atoms with E-state index in [1.54, 1.807) is 0 Å². The van der Waals surface area contributed by atoms with E-state index in [2.05, 4.69) is 11.1 Å². The molecule has 6 nitrogen and oxygen atoms in total. The van der Waals surface area contributed by atoms with Crippen molar-refractivity contribution in [2.75, 3.05) is 7.05 Å². The SMILES string of the molecule is CNC(=O)c1ccc(C=C[NH3+])c([N+](=O)[O-])c1. The minimum absolute atomic E-state index is 0.110. The van der Waals surface area contributed by atoms with Crippen LogP contribution in [0.25, 0.3) is 6.08 Å². The van der Waals surface area contributed by atoms with Crippen LogP contribution in [0.4, 0.5) is 5.69 Å². The molecule has 0 aliphatic rings. The molecule has 0 fully saturated rings. The number of nitrogens with one attached hydrogen (secondary N) is 1. The highest BCUT2D eigenvalue weighted by Gasteiger charge is 2.15. The van der Waals surface area contributed by atoms with Crippen molar-refractivity contribution in [3.8, 4) is 0 Å². The normalized spacial score (nSPS) is 10.4. The second kappa shape index (κ2) is 5.04. The average molecular weight is 222 g/mol. The fraction of sp³-hybridized carbons (Fsp3) is 0.100. The molecule has 0 saturated heterocycles. The third-order valence-corrected chi connectivity index (χ3v) is 2.01. The average Bonchev–Trinajstić information content (AvgIpc) is 2.28. The highest BCUT2D eigenvalue weighted by atomic mass is 16.6. The van der Waals surface area contributed by atoms with Gasteiger partial charge in [0.25, 0.3) is 11.6 Å². The summed E-state index contributed by atoms with van der Waals surface area (Å²) in [4.78, 5) is 21.5. The zero-order valence-corrected chi connectivity index (χ0v) is 8.77. The molecule has 0 atom stereocenters. The maximum atomic E-state index is 11.3. The van der Waals surface area contributed by atoms with E-state index in [9.17, 15) is 14.9 Å². The molecule has 0 heterocycles. The summed E-state index contributed by atoms with van der Waals surface area (Å²) < 4.78 is 0. The zero-order valence-electron chi connectivity index (χ0n) is 8.77. The smallest absolute Gasteiger partial charge is 0.277 e. The number of carbonyl (C=O) groups excluding carboxylic acids is 1. The molecule has 0 radical (unpaired) electrons. The van der Waals surface area contributed by atoms with E-state index in [4.69, 9.17) is 0 Å². The molecule has 0 aliphatic heterocycles. The van der Waals surface area contributed by atoms with Crippen molar-refractivity contribution in [3.05, 3.63) is 45.6 Å². The van der Waals surface area contributed by atoms with Crippen LogP contribution in [0.2, 0.25) is 0 Å². The van der Waals surface area contributed by atoms with Gasteiger partial charge in [-0.05, 0) is 12.1 Å². The molecule has 0 saturated carbocycles.